The van der Waals surface area contributed by atoms with Gasteiger partial charge in [-0.25, -0.2) is 0 Å². The summed E-state index contributed by atoms with van der Waals surface area (Å²) in [6, 6.07) is 0. The van der Waals surface area contributed by atoms with Crippen molar-refractivity contribution in [3.05, 3.63) is 134 Å². The molecule has 0 radical (unpaired) electrons. The molecule has 0 aliphatic heterocycles. The third kappa shape index (κ3) is 49.6. The molecule has 0 heterocycles. The Labute approximate surface area is 402 Å². The van der Waals surface area contributed by atoms with Crippen LogP contribution in [0.1, 0.15) is 155 Å². The molecule has 9 nitrogen and oxygen atoms in total. The van der Waals surface area contributed by atoms with Gasteiger partial charge in [0.25, 0.3) is 7.82 Å². The fraction of sp³-hybridized carbons (Fsp3) is 0.571. The number of carbonyl (C=O) groups excluding carboxylic acids is 2. The molecular formula is C56H90NO8P. The van der Waals surface area contributed by atoms with Gasteiger partial charge in [0.15, 0.2) is 6.10 Å². The highest BCUT2D eigenvalue weighted by atomic mass is 31.2. The van der Waals surface area contributed by atoms with Crippen molar-refractivity contribution in [2.75, 3.05) is 47.5 Å². The van der Waals surface area contributed by atoms with Gasteiger partial charge >= 0.3 is 11.9 Å². The van der Waals surface area contributed by atoms with E-state index in [4.69, 9.17) is 18.5 Å². The number of esters is 2. The van der Waals surface area contributed by atoms with E-state index >= 15 is 0 Å². The Morgan fingerprint density at radius 2 is 0.818 bits per heavy atom. The van der Waals surface area contributed by atoms with Crippen molar-refractivity contribution < 1.29 is 42.1 Å². The summed E-state index contributed by atoms with van der Waals surface area (Å²) in [5, 5.41) is 0. The van der Waals surface area contributed by atoms with Gasteiger partial charge < -0.3 is 27.9 Å². The number of nitrogens with zero attached hydrogens (tertiary/aromatic N) is 1. The van der Waals surface area contributed by atoms with E-state index in [1.807, 2.05) is 21.1 Å². The first-order valence-corrected chi connectivity index (χ1v) is 26.4. The largest absolute Gasteiger partial charge is 0.756 e. The predicted octanol–water partition coefficient (Wildman–Crippen LogP) is 14.4. The molecule has 372 valence electrons. The number of likely N-dealkylation sites (N-methyl/N-ethyl adjacent to an activating group) is 1. The number of phosphoric acid groups is 1. The Morgan fingerprint density at radius 1 is 0.470 bits per heavy atom. The van der Waals surface area contributed by atoms with Crippen LogP contribution in [0.4, 0.5) is 0 Å². The highest BCUT2D eigenvalue weighted by molar-refractivity contribution is 7.45. The fourth-order valence-corrected chi connectivity index (χ4v) is 6.59. The monoisotopic (exact) mass is 936 g/mol. The molecule has 0 fully saturated rings. The molecule has 0 aliphatic rings. The minimum absolute atomic E-state index is 0.0507. The summed E-state index contributed by atoms with van der Waals surface area (Å²) >= 11 is 0. The van der Waals surface area contributed by atoms with Crippen LogP contribution in [0.2, 0.25) is 0 Å². The molecule has 0 bridgehead atoms. The van der Waals surface area contributed by atoms with Crippen molar-refractivity contribution in [1.82, 2.24) is 0 Å². The van der Waals surface area contributed by atoms with E-state index in [-0.39, 0.29) is 26.1 Å². The quantitative estimate of drug-likeness (QED) is 0.0195. The number of hydrogen-bond acceptors (Lipinski definition) is 8. The minimum Gasteiger partial charge on any atom is -0.756 e. The van der Waals surface area contributed by atoms with Crippen molar-refractivity contribution in [1.29, 1.82) is 0 Å². The molecule has 66 heavy (non-hydrogen) atoms. The maximum absolute atomic E-state index is 12.7. The number of allylic oxidation sites excluding steroid dienone is 22. The second-order valence-corrected chi connectivity index (χ2v) is 18.5. The number of unbranched alkanes of at least 4 members (excludes halogenated alkanes) is 7. The highest BCUT2D eigenvalue weighted by Gasteiger charge is 2.21. The summed E-state index contributed by atoms with van der Waals surface area (Å²) in [6.45, 7) is 3.90. The molecular weight excluding hydrogens is 846 g/mol. The van der Waals surface area contributed by atoms with E-state index in [9.17, 15) is 19.0 Å². The zero-order valence-corrected chi connectivity index (χ0v) is 42.7. The standard InChI is InChI=1S/C56H90NO8P/c1-6-8-10-12-14-16-18-20-22-24-25-26-27-28-29-30-31-33-35-37-39-41-43-45-47-49-56(59)65-54(53-64-66(60,61)63-51-50-57(3,4)5)52-62-55(58)48-46-44-42-40-38-36-34-32-23-21-19-17-15-13-11-9-7-2/h8-11,14-17,20-23,25-26,28-29,31,33-34,36-37,39,54H,6-7,12-13,18-19,24,27,30,32,35,38,40-53H2,1-5H3/b10-8-,11-9-,16-14-,17-15-,22-20-,23-21-,26-25-,29-28-,33-31-,36-34-,39-37-. The van der Waals surface area contributed by atoms with Crippen LogP contribution in [-0.2, 0) is 32.7 Å². The second-order valence-electron chi connectivity index (χ2n) is 17.1. The average molecular weight is 936 g/mol. The lowest BCUT2D eigenvalue weighted by atomic mass is 10.1. The first kappa shape index (κ1) is 62.1. The van der Waals surface area contributed by atoms with Gasteiger partial charge in [0, 0.05) is 12.8 Å². The van der Waals surface area contributed by atoms with Gasteiger partial charge in [-0.2, -0.15) is 0 Å². The summed E-state index contributed by atoms with van der Waals surface area (Å²) in [6.07, 6.45) is 66.3. The van der Waals surface area contributed by atoms with Crippen molar-refractivity contribution >= 4 is 19.8 Å². The topological polar surface area (TPSA) is 111 Å². The lowest BCUT2D eigenvalue weighted by molar-refractivity contribution is -0.870. The van der Waals surface area contributed by atoms with E-state index in [0.29, 0.717) is 23.9 Å². The lowest BCUT2D eigenvalue weighted by Crippen LogP contribution is -2.37. The Balaban J connectivity index is 4.43. The molecule has 0 aromatic rings. The van der Waals surface area contributed by atoms with Gasteiger partial charge in [-0.1, -0.05) is 167 Å². The van der Waals surface area contributed by atoms with Gasteiger partial charge in [-0.3, -0.25) is 14.2 Å². The van der Waals surface area contributed by atoms with Crippen molar-refractivity contribution in [3.63, 3.8) is 0 Å². The first-order valence-electron chi connectivity index (χ1n) is 24.9. The van der Waals surface area contributed by atoms with Crippen LogP contribution in [0.5, 0.6) is 0 Å². The third-order valence-electron chi connectivity index (χ3n) is 9.67. The van der Waals surface area contributed by atoms with Gasteiger partial charge in [-0.05, 0) is 109 Å². The van der Waals surface area contributed by atoms with Gasteiger partial charge in [0.2, 0.25) is 0 Å². The lowest BCUT2D eigenvalue weighted by Gasteiger charge is -2.28. The van der Waals surface area contributed by atoms with Crippen molar-refractivity contribution in [2.24, 2.45) is 0 Å². The first-order chi connectivity index (χ1) is 32.0. The van der Waals surface area contributed by atoms with Gasteiger partial charge in [-0.15, -0.1) is 0 Å². The van der Waals surface area contributed by atoms with Crippen molar-refractivity contribution in [3.8, 4) is 0 Å². The fourth-order valence-electron chi connectivity index (χ4n) is 5.86. The van der Waals surface area contributed by atoms with Crippen LogP contribution < -0.4 is 4.89 Å². The number of phosphoric ester groups is 1. The Morgan fingerprint density at radius 3 is 1.21 bits per heavy atom. The number of ether oxygens (including phenoxy) is 2. The maximum atomic E-state index is 12.7. The van der Waals surface area contributed by atoms with Crippen LogP contribution >= 0.6 is 7.82 Å². The molecule has 0 amide bonds. The third-order valence-corrected chi connectivity index (χ3v) is 10.6. The normalized spacial score (nSPS) is 14.6. The molecule has 0 N–H and O–H groups in total. The van der Waals surface area contributed by atoms with E-state index in [1.54, 1.807) is 0 Å². The molecule has 0 saturated heterocycles. The summed E-state index contributed by atoms with van der Waals surface area (Å²) in [5.41, 5.74) is 0. The molecule has 0 saturated carbocycles. The molecule has 2 unspecified atom stereocenters. The summed E-state index contributed by atoms with van der Waals surface area (Å²) < 4.78 is 33.9. The minimum atomic E-state index is -4.66. The van der Waals surface area contributed by atoms with Crippen LogP contribution in [0, 0.1) is 0 Å². The smallest absolute Gasteiger partial charge is 0.306 e. The molecule has 0 aromatic carbocycles. The number of carbonyl (C=O) groups is 2. The van der Waals surface area contributed by atoms with E-state index in [1.165, 1.54) is 0 Å². The number of quaternary nitrogens is 1. The summed E-state index contributed by atoms with van der Waals surface area (Å²) in [7, 11) is 1.10. The van der Waals surface area contributed by atoms with Crippen molar-refractivity contribution in [2.45, 2.75) is 161 Å². The molecule has 10 heteroatoms. The Kier molecular flexibility index (Phi) is 43.6. The van der Waals surface area contributed by atoms with Crippen LogP contribution in [-0.4, -0.2) is 70.0 Å². The molecule has 0 aliphatic carbocycles. The van der Waals surface area contributed by atoms with Gasteiger partial charge in [0.1, 0.15) is 19.8 Å². The number of hydrogen-bond donors (Lipinski definition) is 0. The van der Waals surface area contributed by atoms with Crippen LogP contribution in [0.15, 0.2) is 134 Å². The van der Waals surface area contributed by atoms with Crippen LogP contribution in [0.25, 0.3) is 0 Å². The van der Waals surface area contributed by atoms with E-state index < -0.39 is 32.5 Å². The average Bonchev–Trinajstić information content (AvgIpc) is 3.27. The molecule has 0 rings (SSSR count). The second kappa shape index (κ2) is 46.3. The van der Waals surface area contributed by atoms with Gasteiger partial charge in [0.05, 0.1) is 27.7 Å². The Hall–Kier alpha value is -3.85. The SMILES string of the molecule is CC/C=C\C/C=C\C/C=C\C/C=C\C/C=C\C/C=C\C/C=C\CCCCCC(=O)OC(COC(=O)CCCCCC/C=C\C/C=C\C/C=C\C/C=C\CC)COP(=O)([O-])OCC[N+](C)(C)C. The van der Waals surface area contributed by atoms with E-state index in [2.05, 4.69) is 148 Å². The summed E-state index contributed by atoms with van der Waals surface area (Å²) in [5.74, 6) is -0.916. The highest BCUT2D eigenvalue weighted by Crippen LogP contribution is 2.38. The van der Waals surface area contributed by atoms with E-state index in [0.717, 1.165) is 116 Å². The number of rotatable bonds is 43. The Bertz CT molecular complexity index is 1570. The zero-order valence-electron chi connectivity index (χ0n) is 41.8. The molecule has 2 atom stereocenters. The summed E-state index contributed by atoms with van der Waals surface area (Å²) in [4.78, 5) is 37.7. The molecule has 0 aromatic heterocycles. The molecule has 0 spiro atoms. The maximum Gasteiger partial charge on any atom is 0.306 e. The van der Waals surface area contributed by atoms with Crippen LogP contribution in [0.3, 0.4) is 0 Å². The zero-order chi connectivity index (χ0) is 48.5. The predicted molar refractivity (Wildman–Crippen MR) is 277 cm³/mol.